The summed E-state index contributed by atoms with van der Waals surface area (Å²) >= 11 is 0. The number of ether oxygens (including phenoxy) is 1. The van der Waals surface area contributed by atoms with Gasteiger partial charge in [-0.2, -0.15) is 30.3 Å². The van der Waals surface area contributed by atoms with E-state index in [9.17, 15) is 25.9 Å². The van der Waals surface area contributed by atoms with E-state index in [4.69, 9.17) is 5.26 Å². The molecule has 140 valence electrons. The molecule has 0 spiro atoms. The molecule has 1 aromatic carbocycles. The molecule has 0 saturated carbocycles. The lowest BCUT2D eigenvalue weighted by molar-refractivity contribution is 0.309. The van der Waals surface area contributed by atoms with Gasteiger partial charge in [-0.25, -0.2) is 0 Å². The summed E-state index contributed by atoms with van der Waals surface area (Å²) < 4.78 is 68.3. The third-order valence-corrected chi connectivity index (χ3v) is 7.31. The minimum atomic E-state index is -5.45. The van der Waals surface area contributed by atoms with Gasteiger partial charge in [0.25, 0.3) is 30.6 Å². The molecule has 1 aliphatic carbocycles. The molecule has 0 aromatic heterocycles. The molecule has 26 heavy (non-hydrogen) atoms. The monoisotopic (exact) mass is 417 g/mol. The van der Waals surface area contributed by atoms with Crippen LogP contribution < -0.4 is 0 Å². The number of hydrogen-bond acceptors (Lipinski definition) is 6. The van der Waals surface area contributed by atoms with Gasteiger partial charge in [0.05, 0.1) is 0 Å². The summed E-state index contributed by atoms with van der Waals surface area (Å²) in [7, 11) is -10.9. The molecule has 0 aliphatic heterocycles. The predicted octanol–water partition coefficient (Wildman–Crippen LogP) is 1.85. The normalized spacial score (nSPS) is 19.3. The summed E-state index contributed by atoms with van der Waals surface area (Å²) in [5.74, 6) is -2.48. The molecule has 0 radical (unpaired) electrons. The Hall–Kier alpha value is -2.10. The zero-order valence-electron chi connectivity index (χ0n) is 13.1. The lowest BCUT2D eigenvalue weighted by Gasteiger charge is -2.33. The molecule has 8 nitrogen and oxygen atoms in total. The number of benzene rings is 1. The molecule has 1 atom stereocenters. The molecule has 2 rings (SSSR count). The van der Waals surface area contributed by atoms with Crippen LogP contribution >= 0.6 is 13.5 Å². The second kappa shape index (κ2) is 8.07. The minimum Gasteiger partial charge on any atom is -0.389 e. The van der Waals surface area contributed by atoms with E-state index >= 15 is 0 Å². The van der Waals surface area contributed by atoms with Crippen LogP contribution in [-0.2, 0) is 25.0 Å². The van der Waals surface area contributed by atoms with E-state index in [0.29, 0.717) is 5.56 Å². The Bertz CT molecular complexity index is 955. The number of hydrogen-bond donors (Lipinski definition) is 2. The van der Waals surface area contributed by atoms with E-state index in [2.05, 4.69) is 4.74 Å². The van der Waals surface area contributed by atoms with Crippen molar-refractivity contribution in [2.45, 2.75) is 4.08 Å². The molecule has 1 aromatic rings. The lowest BCUT2D eigenvalue weighted by Crippen LogP contribution is -2.53. The van der Waals surface area contributed by atoms with Crippen LogP contribution in [0.25, 0.3) is 6.08 Å². The SMILES string of the molecule is N#COC1=CC=CC(C=Cc2ccccc2)C1(S(=O)(=O)O)S(=O)(=O)O.S. The largest absolute Gasteiger partial charge is 0.389 e. The van der Waals surface area contributed by atoms with E-state index in [1.165, 1.54) is 18.2 Å². The fourth-order valence-electron chi connectivity index (χ4n) is 2.53. The fourth-order valence-corrected chi connectivity index (χ4v) is 5.32. The van der Waals surface area contributed by atoms with Crippen molar-refractivity contribution in [1.82, 2.24) is 0 Å². The highest BCUT2D eigenvalue weighted by atomic mass is 32.3. The average molecular weight is 417 g/mol. The highest BCUT2D eigenvalue weighted by Gasteiger charge is 2.64. The van der Waals surface area contributed by atoms with Gasteiger partial charge in [0.1, 0.15) is 0 Å². The number of nitrogens with zero attached hydrogens (tertiary/aromatic N) is 1. The van der Waals surface area contributed by atoms with Gasteiger partial charge < -0.3 is 4.74 Å². The molecular weight excluding hydrogens is 402 g/mol. The molecule has 2 N–H and O–H groups in total. The van der Waals surface area contributed by atoms with Crippen LogP contribution in [0.2, 0.25) is 0 Å². The quantitative estimate of drug-likeness (QED) is 0.546. The molecular formula is C15H15NO7S3. The molecule has 0 saturated heterocycles. The number of nitriles is 1. The maximum absolute atomic E-state index is 12.0. The second-order valence-corrected chi connectivity index (χ2v) is 8.47. The summed E-state index contributed by atoms with van der Waals surface area (Å²) in [6.45, 7) is 0. The zero-order valence-corrected chi connectivity index (χ0v) is 15.7. The number of allylic oxidation sites excluding steroid dienone is 4. The summed E-state index contributed by atoms with van der Waals surface area (Å²) in [4.78, 5) is 0. The van der Waals surface area contributed by atoms with Gasteiger partial charge in [-0.15, -0.1) is 5.26 Å². The van der Waals surface area contributed by atoms with Crippen molar-refractivity contribution in [3.8, 4) is 6.26 Å². The molecule has 0 fully saturated rings. The van der Waals surface area contributed by atoms with Gasteiger partial charge in [0, 0.05) is 5.92 Å². The first-order chi connectivity index (χ1) is 11.6. The first kappa shape index (κ1) is 21.9. The summed E-state index contributed by atoms with van der Waals surface area (Å²) in [6, 6.07) is 8.51. The molecule has 1 unspecified atom stereocenters. The number of rotatable bonds is 5. The highest BCUT2D eigenvalue weighted by Crippen LogP contribution is 2.43. The fraction of sp³-hybridized carbons (Fsp3) is 0.133. The van der Waals surface area contributed by atoms with Gasteiger partial charge >= 0.3 is 0 Å². The van der Waals surface area contributed by atoms with Crippen molar-refractivity contribution >= 4 is 39.8 Å². The van der Waals surface area contributed by atoms with E-state index < -0.39 is 36.0 Å². The maximum Gasteiger partial charge on any atom is 0.296 e. The van der Waals surface area contributed by atoms with E-state index in [0.717, 1.165) is 18.4 Å². The van der Waals surface area contributed by atoms with Crippen molar-refractivity contribution in [1.29, 1.82) is 5.26 Å². The molecule has 11 heteroatoms. The summed E-state index contributed by atoms with van der Waals surface area (Å²) in [5.41, 5.74) is 0.618. The van der Waals surface area contributed by atoms with E-state index in [1.807, 2.05) is 0 Å². The van der Waals surface area contributed by atoms with Crippen molar-refractivity contribution < 1.29 is 30.7 Å². The van der Waals surface area contributed by atoms with Gasteiger partial charge in [0.2, 0.25) is 0 Å². The maximum atomic E-state index is 12.0. The van der Waals surface area contributed by atoms with Crippen LogP contribution in [0.4, 0.5) is 0 Å². The Kier molecular flexibility index (Phi) is 6.81. The first-order valence-corrected chi connectivity index (χ1v) is 9.65. The van der Waals surface area contributed by atoms with Crippen LogP contribution in [-0.4, -0.2) is 30.0 Å². The Morgan fingerprint density at radius 1 is 1.12 bits per heavy atom. The smallest absolute Gasteiger partial charge is 0.296 e. The Morgan fingerprint density at radius 3 is 2.19 bits per heavy atom. The molecule has 0 bridgehead atoms. The Labute approximate surface area is 158 Å². The van der Waals surface area contributed by atoms with Crippen LogP contribution in [0.5, 0.6) is 0 Å². The topological polar surface area (TPSA) is 142 Å². The van der Waals surface area contributed by atoms with Crippen LogP contribution in [0.1, 0.15) is 5.56 Å². The van der Waals surface area contributed by atoms with Crippen LogP contribution in [0.3, 0.4) is 0 Å². The Morgan fingerprint density at radius 2 is 1.69 bits per heavy atom. The third kappa shape index (κ3) is 3.84. The molecule has 0 heterocycles. The summed E-state index contributed by atoms with van der Waals surface area (Å²) in [6.07, 6.45) is 7.00. The van der Waals surface area contributed by atoms with Gasteiger partial charge in [-0.1, -0.05) is 54.6 Å². The predicted molar refractivity (Wildman–Crippen MR) is 99.1 cm³/mol. The van der Waals surface area contributed by atoms with Gasteiger partial charge in [-0.3, -0.25) is 9.11 Å². The zero-order chi connectivity index (χ0) is 18.7. The lowest BCUT2D eigenvalue weighted by atomic mass is 9.96. The van der Waals surface area contributed by atoms with Crippen molar-refractivity contribution in [2.75, 3.05) is 0 Å². The first-order valence-electron chi connectivity index (χ1n) is 6.77. The Balaban J connectivity index is 0.00000338. The molecule has 0 amide bonds. The van der Waals surface area contributed by atoms with Crippen LogP contribution in [0, 0.1) is 17.4 Å². The van der Waals surface area contributed by atoms with Gasteiger partial charge in [0.15, 0.2) is 5.76 Å². The average Bonchev–Trinajstić information content (AvgIpc) is 2.52. The third-order valence-electron chi connectivity index (χ3n) is 3.57. The summed E-state index contributed by atoms with van der Waals surface area (Å²) in [5, 5.41) is 8.67. The molecule has 1 aliphatic rings. The minimum absolute atomic E-state index is 0. The highest BCUT2D eigenvalue weighted by molar-refractivity contribution is 8.05. The van der Waals surface area contributed by atoms with Crippen LogP contribution in [0.15, 0.2) is 60.4 Å². The second-order valence-electron chi connectivity index (χ2n) is 5.02. The van der Waals surface area contributed by atoms with Crippen molar-refractivity contribution in [3.05, 3.63) is 66.0 Å². The van der Waals surface area contributed by atoms with E-state index in [-0.39, 0.29) is 13.5 Å². The van der Waals surface area contributed by atoms with E-state index in [1.54, 1.807) is 30.3 Å². The van der Waals surface area contributed by atoms with Crippen molar-refractivity contribution in [3.63, 3.8) is 0 Å². The van der Waals surface area contributed by atoms with Gasteiger partial charge in [-0.05, 0) is 11.6 Å². The van der Waals surface area contributed by atoms with Crippen molar-refractivity contribution in [2.24, 2.45) is 5.92 Å². The standard InChI is InChI=1S/C15H13NO7S2.H2S/c16-11-23-14-8-4-7-13(10-9-12-5-2-1-3-6-12)15(14,24(17,18)19)25(20,21)22;/h1-10,13H,(H,17,18,19)(H,20,21,22);1H2.